The van der Waals surface area contributed by atoms with Gasteiger partial charge in [0.25, 0.3) is 0 Å². The lowest BCUT2D eigenvalue weighted by atomic mass is 9.86. The minimum absolute atomic E-state index is 0.137. The van der Waals surface area contributed by atoms with Crippen molar-refractivity contribution in [3.8, 4) is 0 Å². The first kappa shape index (κ1) is 16.0. The second-order valence-electron chi connectivity index (χ2n) is 6.60. The summed E-state index contributed by atoms with van der Waals surface area (Å²) >= 11 is 1.70. The first-order valence-electron chi connectivity index (χ1n) is 8.36. The largest absolute Gasteiger partial charge is 0.324 e. The molecule has 25 heavy (non-hydrogen) atoms. The summed E-state index contributed by atoms with van der Waals surface area (Å²) in [6.07, 6.45) is 2.99. The van der Waals surface area contributed by atoms with Crippen molar-refractivity contribution < 1.29 is 4.79 Å². The van der Waals surface area contributed by atoms with E-state index in [2.05, 4.69) is 58.8 Å². The molecule has 0 aliphatic heterocycles. The molecule has 0 unspecified atom stereocenters. The highest BCUT2D eigenvalue weighted by atomic mass is 32.1. The van der Waals surface area contributed by atoms with E-state index < -0.39 is 0 Å². The first-order chi connectivity index (χ1) is 12.1. The Bertz CT molecular complexity index is 914. The standard InChI is InChI=1S/C20H19N3OS/c1-12-6-13(2)8-15(7-12)22-20-21-11-16-17(23-20)9-14(10-18(16)24)19-4-3-5-25-19/h3-8,11,14H,9-10H2,1-2H3,(H,21,22,23)/t14-/m1/s1. The highest BCUT2D eigenvalue weighted by Gasteiger charge is 2.28. The molecule has 3 aromatic rings. The zero-order valence-electron chi connectivity index (χ0n) is 14.2. The molecule has 2 aromatic heterocycles. The fourth-order valence-corrected chi connectivity index (χ4v) is 4.24. The summed E-state index contributed by atoms with van der Waals surface area (Å²) in [5.74, 6) is 0.907. The average Bonchev–Trinajstić information content (AvgIpc) is 3.08. The molecule has 4 rings (SSSR count). The Labute approximate surface area is 151 Å². The van der Waals surface area contributed by atoms with E-state index in [1.165, 1.54) is 16.0 Å². The molecule has 1 aromatic carbocycles. The van der Waals surface area contributed by atoms with Crippen LogP contribution in [0.3, 0.4) is 0 Å². The first-order valence-corrected chi connectivity index (χ1v) is 9.24. The molecule has 1 aliphatic rings. The van der Waals surface area contributed by atoms with Gasteiger partial charge in [-0.1, -0.05) is 12.1 Å². The Balaban J connectivity index is 1.63. The molecule has 0 saturated heterocycles. The van der Waals surface area contributed by atoms with Crippen molar-refractivity contribution in [2.75, 3.05) is 5.32 Å². The number of carbonyl (C=O) groups excluding carboxylic acids is 1. The lowest BCUT2D eigenvalue weighted by Crippen LogP contribution is -2.20. The average molecular weight is 349 g/mol. The van der Waals surface area contributed by atoms with Gasteiger partial charge in [-0.3, -0.25) is 4.79 Å². The predicted molar refractivity (Wildman–Crippen MR) is 101 cm³/mol. The van der Waals surface area contributed by atoms with Crippen molar-refractivity contribution in [2.24, 2.45) is 0 Å². The van der Waals surface area contributed by atoms with Crippen molar-refractivity contribution >= 4 is 28.8 Å². The van der Waals surface area contributed by atoms with Crippen molar-refractivity contribution in [3.05, 3.63) is 69.2 Å². The molecular formula is C20H19N3OS. The van der Waals surface area contributed by atoms with Crippen LogP contribution in [0.4, 0.5) is 11.6 Å². The lowest BCUT2D eigenvalue weighted by Gasteiger charge is -2.22. The minimum atomic E-state index is 0.137. The number of nitrogens with one attached hydrogen (secondary N) is 1. The summed E-state index contributed by atoms with van der Waals surface area (Å²) in [4.78, 5) is 22.7. The Morgan fingerprint density at radius 3 is 2.68 bits per heavy atom. The molecule has 1 atom stereocenters. The number of thiophene rings is 1. The molecule has 126 valence electrons. The van der Waals surface area contributed by atoms with Gasteiger partial charge in [-0.2, -0.15) is 0 Å². The molecule has 1 aliphatic carbocycles. The van der Waals surface area contributed by atoms with Crippen LogP contribution >= 0.6 is 11.3 Å². The number of hydrogen-bond acceptors (Lipinski definition) is 5. The maximum atomic E-state index is 12.5. The molecule has 0 saturated carbocycles. The molecule has 1 N–H and O–H groups in total. The number of carbonyl (C=O) groups is 1. The molecule has 0 fully saturated rings. The minimum Gasteiger partial charge on any atom is -0.324 e. The molecular weight excluding hydrogens is 330 g/mol. The van der Waals surface area contributed by atoms with E-state index in [0.717, 1.165) is 17.8 Å². The zero-order valence-corrected chi connectivity index (χ0v) is 15.1. The molecule has 0 bridgehead atoms. The molecule has 4 nitrogen and oxygen atoms in total. The number of Topliss-reactive ketones (excluding diaryl/α,β-unsaturated/α-hetero) is 1. The summed E-state index contributed by atoms with van der Waals surface area (Å²) in [5, 5.41) is 5.33. The van der Waals surface area contributed by atoms with Crippen LogP contribution in [0.5, 0.6) is 0 Å². The Hall–Kier alpha value is -2.53. The monoisotopic (exact) mass is 349 g/mol. The normalized spacial score (nSPS) is 16.6. The molecule has 5 heteroatoms. The maximum absolute atomic E-state index is 12.5. The van der Waals surface area contributed by atoms with E-state index in [4.69, 9.17) is 0 Å². The summed E-state index contributed by atoms with van der Waals surface area (Å²) in [6, 6.07) is 10.4. The number of fused-ring (bicyclic) bond motifs is 1. The van der Waals surface area contributed by atoms with Crippen molar-refractivity contribution in [2.45, 2.75) is 32.6 Å². The number of nitrogens with zero attached hydrogens (tertiary/aromatic N) is 2. The summed E-state index contributed by atoms with van der Waals surface area (Å²) < 4.78 is 0. The van der Waals surface area contributed by atoms with E-state index in [0.29, 0.717) is 17.9 Å². The SMILES string of the molecule is Cc1cc(C)cc(Nc2ncc3c(n2)C[C@@H](c2cccs2)CC3=O)c1. The topological polar surface area (TPSA) is 54.9 Å². The van der Waals surface area contributed by atoms with Crippen molar-refractivity contribution in [3.63, 3.8) is 0 Å². The zero-order chi connectivity index (χ0) is 17.4. The van der Waals surface area contributed by atoms with Gasteiger partial charge in [0.05, 0.1) is 11.3 Å². The fraction of sp³-hybridized carbons (Fsp3) is 0.250. The van der Waals surface area contributed by atoms with Crippen LogP contribution < -0.4 is 5.32 Å². The number of benzene rings is 1. The second kappa shape index (κ2) is 6.41. The smallest absolute Gasteiger partial charge is 0.227 e. The van der Waals surface area contributed by atoms with E-state index in [-0.39, 0.29) is 11.7 Å². The second-order valence-corrected chi connectivity index (χ2v) is 7.58. The summed E-state index contributed by atoms with van der Waals surface area (Å²) in [5.41, 5.74) is 4.85. The third-order valence-corrected chi connectivity index (χ3v) is 5.50. The number of aromatic nitrogens is 2. The van der Waals surface area contributed by atoms with Gasteiger partial charge in [-0.25, -0.2) is 9.97 Å². The Morgan fingerprint density at radius 2 is 1.96 bits per heavy atom. The molecule has 2 heterocycles. The number of aryl methyl sites for hydroxylation is 2. The number of hydrogen-bond donors (Lipinski definition) is 1. The van der Waals surface area contributed by atoms with E-state index in [1.807, 2.05) is 6.07 Å². The fourth-order valence-electron chi connectivity index (χ4n) is 3.41. The molecule has 0 radical (unpaired) electrons. The van der Waals surface area contributed by atoms with Gasteiger partial charge in [0.1, 0.15) is 0 Å². The molecule has 0 spiro atoms. The van der Waals surface area contributed by atoms with E-state index in [9.17, 15) is 4.79 Å². The van der Waals surface area contributed by atoms with E-state index >= 15 is 0 Å². The number of rotatable bonds is 3. The van der Waals surface area contributed by atoms with Crippen LogP contribution in [0.15, 0.2) is 41.9 Å². The van der Waals surface area contributed by atoms with Crippen LogP contribution in [-0.4, -0.2) is 15.8 Å². The van der Waals surface area contributed by atoms with Crippen molar-refractivity contribution in [1.29, 1.82) is 0 Å². The van der Waals surface area contributed by atoms with Crippen molar-refractivity contribution in [1.82, 2.24) is 9.97 Å². The van der Waals surface area contributed by atoms with Crippen LogP contribution in [0.25, 0.3) is 0 Å². The predicted octanol–water partition coefficient (Wildman–Crippen LogP) is 4.81. The maximum Gasteiger partial charge on any atom is 0.227 e. The van der Waals surface area contributed by atoms with E-state index in [1.54, 1.807) is 17.5 Å². The van der Waals surface area contributed by atoms with Gasteiger partial charge in [-0.15, -0.1) is 11.3 Å². The van der Waals surface area contributed by atoms with Gasteiger partial charge >= 0.3 is 0 Å². The Kier molecular flexibility index (Phi) is 4.09. The quantitative estimate of drug-likeness (QED) is 0.737. The van der Waals surface area contributed by atoms with Gasteiger partial charge in [0.15, 0.2) is 5.78 Å². The third kappa shape index (κ3) is 3.33. The lowest BCUT2D eigenvalue weighted by molar-refractivity contribution is 0.0963. The van der Waals surface area contributed by atoms with Gasteiger partial charge < -0.3 is 5.32 Å². The summed E-state index contributed by atoms with van der Waals surface area (Å²) in [6.45, 7) is 4.13. The molecule has 0 amide bonds. The van der Waals surface area contributed by atoms with Crippen LogP contribution in [-0.2, 0) is 6.42 Å². The summed E-state index contributed by atoms with van der Waals surface area (Å²) in [7, 11) is 0. The highest BCUT2D eigenvalue weighted by molar-refractivity contribution is 7.10. The third-order valence-electron chi connectivity index (χ3n) is 4.46. The Morgan fingerprint density at radius 1 is 1.16 bits per heavy atom. The van der Waals surface area contributed by atoms with Gasteiger partial charge in [-0.05, 0) is 55.0 Å². The number of anilines is 2. The van der Waals surface area contributed by atoms with Crippen LogP contribution in [0.2, 0.25) is 0 Å². The highest BCUT2D eigenvalue weighted by Crippen LogP contribution is 2.34. The van der Waals surface area contributed by atoms with Crippen LogP contribution in [0, 0.1) is 13.8 Å². The van der Waals surface area contributed by atoms with Crippen LogP contribution in [0.1, 0.15) is 44.4 Å². The number of ketones is 1. The van der Waals surface area contributed by atoms with Gasteiger partial charge in [0, 0.05) is 29.1 Å². The van der Waals surface area contributed by atoms with Gasteiger partial charge in [0.2, 0.25) is 5.95 Å².